The minimum Gasteiger partial charge on any atom is -0.464 e. The van der Waals surface area contributed by atoms with Crippen molar-refractivity contribution in [2.45, 2.75) is 44.2 Å². The molecule has 0 N–H and O–H groups in total. The van der Waals surface area contributed by atoms with Crippen LogP contribution < -0.4 is 0 Å². The third-order valence-electron chi connectivity index (χ3n) is 5.02. The molecule has 0 spiro atoms. The fraction of sp³-hybridized carbons (Fsp3) is 0.364. The first-order valence-corrected chi connectivity index (χ1v) is 11.2. The van der Waals surface area contributed by atoms with E-state index in [1.165, 1.54) is 12.1 Å². The number of benzene rings is 2. The van der Waals surface area contributed by atoms with Crippen molar-refractivity contribution >= 4 is 22.0 Å². The highest BCUT2D eigenvalue weighted by Gasteiger charge is 2.80. The number of rotatable bonds is 7. The van der Waals surface area contributed by atoms with Crippen LogP contribution in [0.4, 0.5) is 0 Å². The molecule has 0 radical (unpaired) electrons. The summed E-state index contributed by atoms with van der Waals surface area (Å²) in [5.74, 6) is -1.88. The fourth-order valence-corrected chi connectivity index (χ4v) is 5.45. The maximum atomic E-state index is 13.5. The number of nitrogens with zero attached hydrogens (tertiary/aromatic N) is 1. The summed E-state index contributed by atoms with van der Waals surface area (Å²) in [5.41, 5.74) is 0.182. The van der Waals surface area contributed by atoms with Crippen LogP contribution >= 0.6 is 0 Å². The summed E-state index contributed by atoms with van der Waals surface area (Å²) in [7, 11) is -4.20. The molecule has 30 heavy (non-hydrogen) atoms. The Kier molecular flexibility index (Phi) is 6.01. The van der Waals surface area contributed by atoms with Crippen LogP contribution in [-0.4, -0.2) is 43.4 Å². The number of ether oxygens (including phenoxy) is 2. The number of esters is 2. The van der Waals surface area contributed by atoms with Crippen LogP contribution in [0.1, 0.15) is 36.6 Å². The van der Waals surface area contributed by atoms with Gasteiger partial charge in [0.1, 0.15) is 0 Å². The van der Waals surface area contributed by atoms with Gasteiger partial charge in [0.2, 0.25) is 10.0 Å². The van der Waals surface area contributed by atoms with Gasteiger partial charge in [-0.1, -0.05) is 47.5 Å². The van der Waals surface area contributed by atoms with E-state index in [4.69, 9.17) is 9.47 Å². The van der Waals surface area contributed by atoms with Crippen molar-refractivity contribution in [1.82, 2.24) is 4.31 Å². The molecule has 2 aromatic carbocycles. The van der Waals surface area contributed by atoms with Gasteiger partial charge in [-0.2, -0.15) is 4.31 Å². The van der Waals surface area contributed by atoms with E-state index in [1.54, 1.807) is 44.2 Å². The molecule has 0 amide bonds. The van der Waals surface area contributed by atoms with Gasteiger partial charge in [0.25, 0.3) is 5.54 Å². The fourth-order valence-electron chi connectivity index (χ4n) is 3.61. The Hall–Kier alpha value is -2.71. The SMILES string of the molecule is CCOC(=O)C1(C(=O)OCC)C(c2cccc(C)c2)N1S(=O)(=O)c1ccc(C)cc1. The second-order valence-electron chi connectivity index (χ2n) is 7.14. The molecule has 1 saturated heterocycles. The second kappa shape index (κ2) is 8.20. The molecule has 2 unspecified atom stereocenters. The number of carbonyl (C=O) groups excluding carboxylic acids is 2. The maximum absolute atomic E-state index is 13.5. The first-order valence-electron chi connectivity index (χ1n) is 9.73. The van der Waals surface area contributed by atoms with Crippen LogP contribution in [0.3, 0.4) is 0 Å². The zero-order valence-electron chi connectivity index (χ0n) is 17.4. The van der Waals surface area contributed by atoms with E-state index in [9.17, 15) is 18.0 Å². The van der Waals surface area contributed by atoms with E-state index in [2.05, 4.69) is 0 Å². The standard InChI is InChI=1S/C22H25NO6S/c1-5-28-20(24)22(21(25)29-6-2)19(17-9-7-8-16(4)14-17)23(22)30(26,27)18-12-10-15(3)11-13-18/h7-14,19H,5-6H2,1-4H3. The predicted molar refractivity (Wildman–Crippen MR) is 110 cm³/mol. The summed E-state index contributed by atoms with van der Waals surface area (Å²) in [6.07, 6.45) is 0. The molecular weight excluding hydrogens is 406 g/mol. The van der Waals surface area contributed by atoms with Gasteiger partial charge < -0.3 is 9.47 Å². The molecule has 1 fully saturated rings. The van der Waals surface area contributed by atoms with Crippen molar-refractivity contribution in [3.63, 3.8) is 0 Å². The number of hydrogen-bond acceptors (Lipinski definition) is 6. The summed E-state index contributed by atoms with van der Waals surface area (Å²) in [5, 5.41) is 0. The number of aryl methyl sites for hydroxylation is 2. The topological polar surface area (TPSA) is 89.8 Å². The molecule has 0 saturated carbocycles. The summed E-state index contributed by atoms with van der Waals surface area (Å²) < 4.78 is 38.3. The quantitative estimate of drug-likeness (QED) is 0.380. The zero-order chi connectivity index (χ0) is 22.1. The van der Waals surface area contributed by atoms with Crippen LogP contribution in [-0.2, 0) is 29.1 Å². The number of hydrogen-bond donors (Lipinski definition) is 0. The van der Waals surface area contributed by atoms with Crippen LogP contribution in [0, 0.1) is 13.8 Å². The molecule has 8 heteroatoms. The average molecular weight is 432 g/mol. The smallest absolute Gasteiger partial charge is 0.341 e. The molecule has 0 aromatic heterocycles. The summed E-state index contributed by atoms with van der Waals surface area (Å²) in [4.78, 5) is 26.0. The normalized spacial score (nSPS) is 19.7. The molecular formula is C22H25NO6S. The van der Waals surface area contributed by atoms with Crippen molar-refractivity contribution < 1.29 is 27.5 Å². The van der Waals surface area contributed by atoms with Crippen LogP contribution in [0.5, 0.6) is 0 Å². The van der Waals surface area contributed by atoms with Gasteiger partial charge in [0.05, 0.1) is 24.2 Å². The molecule has 1 heterocycles. The van der Waals surface area contributed by atoms with Crippen LogP contribution in [0.25, 0.3) is 0 Å². The first-order chi connectivity index (χ1) is 14.2. The molecule has 2 atom stereocenters. The van der Waals surface area contributed by atoms with Crippen LogP contribution in [0.15, 0.2) is 53.4 Å². The predicted octanol–water partition coefficient (Wildman–Crippen LogP) is 2.91. The summed E-state index contributed by atoms with van der Waals surface area (Å²) in [6, 6.07) is 12.2. The Bertz CT molecular complexity index is 1040. The Labute approximate surface area is 176 Å². The highest BCUT2D eigenvalue weighted by Crippen LogP contribution is 2.58. The van der Waals surface area contributed by atoms with Crippen molar-refractivity contribution in [3.05, 3.63) is 65.2 Å². The lowest BCUT2D eigenvalue weighted by atomic mass is 9.98. The van der Waals surface area contributed by atoms with E-state index >= 15 is 0 Å². The minimum absolute atomic E-state index is 0.00105. The Morgan fingerprint density at radius 1 is 0.933 bits per heavy atom. The third kappa shape index (κ3) is 3.50. The van der Waals surface area contributed by atoms with E-state index in [0.29, 0.717) is 5.56 Å². The lowest BCUT2D eigenvalue weighted by Gasteiger charge is -2.15. The summed E-state index contributed by atoms with van der Waals surface area (Å²) in [6.45, 7) is 6.88. The van der Waals surface area contributed by atoms with E-state index in [-0.39, 0.29) is 18.1 Å². The van der Waals surface area contributed by atoms with E-state index < -0.39 is 33.5 Å². The van der Waals surface area contributed by atoms with Gasteiger partial charge in [0, 0.05) is 0 Å². The zero-order valence-corrected chi connectivity index (χ0v) is 18.2. The maximum Gasteiger partial charge on any atom is 0.341 e. The molecule has 0 aliphatic carbocycles. The monoisotopic (exact) mass is 431 g/mol. The second-order valence-corrected chi connectivity index (χ2v) is 8.95. The molecule has 3 rings (SSSR count). The van der Waals surface area contributed by atoms with Crippen molar-refractivity contribution in [2.24, 2.45) is 0 Å². The molecule has 2 aromatic rings. The van der Waals surface area contributed by atoms with Gasteiger partial charge in [0.15, 0.2) is 0 Å². The van der Waals surface area contributed by atoms with Gasteiger partial charge in [-0.25, -0.2) is 18.0 Å². The van der Waals surface area contributed by atoms with E-state index in [0.717, 1.165) is 15.4 Å². The summed E-state index contributed by atoms with van der Waals surface area (Å²) >= 11 is 0. The van der Waals surface area contributed by atoms with Gasteiger partial charge in [-0.3, -0.25) is 0 Å². The Balaban J connectivity index is 2.21. The van der Waals surface area contributed by atoms with E-state index in [1.807, 2.05) is 19.9 Å². The van der Waals surface area contributed by atoms with Gasteiger partial charge >= 0.3 is 11.9 Å². The minimum atomic E-state index is -4.20. The lowest BCUT2D eigenvalue weighted by molar-refractivity contribution is -0.160. The van der Waals surface area contributed by atoms with Crippen molar-refractivity contribution in [1.29, 1.82) is 0 Å². The van der Waals surface area contributed by atoms with Crippen molar-refractivity contribution in [2.75, 3.05) is 13.2 Å². The molecule has 7 nitrogen and oxygen atoms in total. The largest absolute Gasteiger partial charge is 0.464 e. The molecule has 0 bridgehead atoms. The Morgan fingerprint density at radius 3 is 2.00 bits per heavy atom. The first kappa shape index (κ1) is 22.0. The molecule has 1 aliphatic rings. The molecule has 1 aliphatic heterocycles. The highest BCUT2D eigenvalue weighted by molar-refractivity contribution is 7.89. The van der Waals surface area contributed by atoms with Gasteiger partial charge in [-0.05, 0) is 45.4 Å². The molecule has 160 valence electrons. The third-order valence-corrected chi connectivity index (χ3v) is 6.90. The van der Waals surface area contributed by atoms with Crippen molar-refractivity contribution in [3.8, 4) is 0 Å². The number of sulfonamides is 1. The lowest BCUT2D eigenvalue weighted by Crippen LogP contribution is -2.43. The average Bonchev–Trinajstić information content (AvgIpc) is 3.41. The Morgan fingerprint density at radius 2 is 1.50 bits per heavy atom. The van der Waals surface area contributed by atoms with Crippen LogP contribution in [0.2, 0.25) is 0 Å². The highest BCUT2D eigenvalue weighted by atomic mass is 32.2. The van der Waals surface area contributed by atoms with Gasteiger partial charge in [-0.15, -0.1) is 0 Å². The number of carbonyl (C=O) groups is 2.